The third kappa shape index (κ3) is 3.50. The molecule has 118 valence electrons. The van der Waals surface area contributed by atoms with E-state index >= 15 is 0 Å². The lowest BCUT2D eigenvalue weighted by Crippen LogP contribution is -2.05. The highest BCUT2D eigenvalue weighted by atomic mass is 35.5. The molecule has 0 aliphatic heterocycles. The molecular formula is C17H15Cl2N3O. The van der Waals surface area contributed by atoms with Crippen molar-refractivity contribution < 1.29 is 5.11 Å². The van der Waals surface area contributed by atoms with Crippen LogP contribution in [-0.4, -0.2) is 14.9 Å². The quantitative estimate of drug-likeness (QED) is 0.751. The van der Waals surface area contributed by atoms with Crippen molar-refractivity contribution in [1.82, 2.24) is 9.78 Å². The van der Waals surface area contributed by atoms with Crippen molar-refractivity contribution in [2.45, 2.75) is 13.0 Å². The summed E-state index contributed by atoms with van der Waals surface area (Å²) in [7, 11) is 0. The van der Waals surface area contributed by atoms with Gasteiger partial charge in [-0.2, -0.15) is 5.10 Å². The van der Waals surface area contributed by atoms with Gasteiger partial charge in [-0.25, -0.2) is 4.68 Å². The molecule has 6 heteroatoms. The van der Waals surface area contributed by atoms with E-state index in [1.807, 2.05) is 24.3 Å². The van der Waals surface area contributed by atoms with E-state index in [0.717, 1.165) is 22.6 Å². The number of aromatic nitrogens is 2. The predicted molar refractivity (Wildman–Crippen MR) is 92.4 cm³/mol. The van der Waals surface area contributed by atoms with Crippen molar-refractivity contribution in [1.29, 1.82) is 0 Å². The monoisotopic (exact) mass is 347 g/mol. The lowest BCUT2D eigenvalue weighted by Gasteiger charge is -2.10. The highest BCUT2D eigenvalue weighted by molar-refractivity contribution is 6.35. The van der Waals surface area contributed by atoms with E-state index in [1.165, 1.54) is 0 Å². The van der Waals surface area contributed by atoms with Crippen LogP contribution in [0.15, 0.2) is 48.5 Å². The summed E-state index contributed by atoms with van der Waals surface area (Å²) in [5, 5.41) is 15.2. The molecule has 0 bridgehead atoms. The van der Waals surface area contributed by atoms with Gasteiger partial charge < -0.3 is 10.8 Å². The minimum Gasteiger partial charge on any atom is -0.508 e. The minimum absolute atomic E-state index is 0.233. The van der Waals surface area contributed by atoms with Gasteiger partial charge in [0.1, 0.15) is 5.75 Å². The van der Waals surface area contributed by atoms with Crippen molar-refractivity contribution in [2.24, 2.45) is 5.73 Å². The minimum atomic E-state index is 0.233. The molecule has 3 aromatic rings. The Morgan fingerprint density at radius 1 is 1.09 bits per heavy atom. The van der Waals surface area contributed by atoms with E-state index in [-0.39, 0.29) is 5.75 Å². The smallest absolute Gasteiger partial charge is 0.115 e. The number of benzene rings is 2. The van der Waals surface area contributed by atoms with Crippen LogP contribution in [0, 0.1) is 0 Å². The van der Waals surface area contributed by atoms with Gasteiger partial charge in [-0.15, -0.1) is 0 Å². The zero-order chi connectivity index (χ0) is 16.4. The van der Waals surface area contributed by atoms with Crippen LogP contribution in [0.2, 0.25) is 10.0 Å². The normalized spacial score (nSPS) is 10.9. The molecule has 0 radical (unpaired) electrons. The molecule has 0 fully saturated rings. The average molecular weight is 348 g/mol. The summed E-state index contributed by atoms with van der Waals surface area (Å²) in [6.45, 7) is 0.339. The standard InChI is InChI=1S/C17H15Cl2N3O/c18-12-4-5-17(16(19)8-12)22-14(9-13(10-20)21-22)6-11-2-1-3-15(23)7-11/h1-5,7-9,23H,6,10,20H2. The number of halogens is 2. The van der Waals surface area contributed by atoms with Crippen molar-refractivity contribution >= 4 is 23.2 Å². The average Bonchev–Trinajstić information content (AvgIpc) is 2.90. The summed E-state index contributed by atoms with van der Waals surface area (Å²) < 4.78 is 1.77. The third-order valence-corrected chi connectivity index (χ3v) is 4.01. The molecule has 1 aromatic heterocycles. The molecule has 0 aliphatic rings. The van der Waals surface area contributed by atoms with Gasteiger partial charge in [0, 0.05) is 23.7 Å². The third-order valence-electron chi connectivity index (χ3n) is 3.48. The number of hydrogen-bond donors (Lipinski definition) is 2. The maximum absolute atomic E-state index is 9.63. The second-order valence-corrected chi connectivity index (χ2v) is 6.03. The van der Waals surface area contributed by atoms with Gasteiger partial charge in [-0.1, -0.05) is 35.3 Å². The molecule has 3 rings (SSSR count). The van der Waals surface area contributed by atoms with E-state index in [4.69, 9.17) is 28.9 Å². The largest absolute Gasteiger partial charge is 0.508 e. The van der Waals surface area contributed by atoms with E-state index in [1.54, 1.807) is 28.9 Å². The molecule has 4 nitrogen and oxygen atoms in total. The fourth-order valence-electron chi connectivity index (χ4n) is 2.44. The van der Waals surface area contributed by atoms with Crippen molar-refractivity contribution in [2.75, 3.05) is 0 Å². The second kappa shape index (κ2) is 6.62. The Hall–Kier alpha value is -2.01. The zero-order valence-electron chi connectivity index (χ0n) is 12.2. The number of nitrogens with two attached hydrogens (primary N) is 1. The van der Waals surface area contributed by atoms with Crippen LogP contribution in [0.1, 0.15) is 17.0 Å². The lowest BCUT2D eigenvalue weighted by molar-refractivity contribution is 0.474. The topological polar surface area (TPSA) is 64.1 Å². The highest BCUT2D eigenvalue weighted by Gasteiger charge is 2.13. The first-order valence-electron chi connectivity index (χ1n) is 7.08. The molecule has 0 saturated heterocycles. The molecule has 1 heterocycles. The predicted octanol–water partition coefficient (Wildman–Crippen LogP) is 3.93. The summed E-state index contributed by atoms with van der Waals surface area (Å²) in [6, 6.07) is 14.3. The molecule has 23 heavy (non-hydrogen) atoms. The Morgan fingerprint density at radius 3 is 2.61 bits per heavy atom. The van der Waals surface area contributed by atoms with Crippen molar-refractivity contribution in [3.63, 3.8) is 0 Å². The maximum Gasteiger partial charge on any atom is 0.115 e. The molecule has 2 aromatic carbocycles. The van der Waals surface area contributed by atoms with Crippen LogP contribution in [0.5, 0.6) is 5.75 Å². The molecular weight excluding hydrogens is 333 g/mol. The number of hydrogen-bond acceptors (Lipinski definition) is 3. The fraction of sp³-hybridized carbons (Fsp3) is 0.118. The molecule has 0 saturated carbocycles. The van der Waals surface area contributed by atoms with E-state index in [9.17, 15) is 5.11 Å². The summed E-state index contributed by atoms with van der Waals surface area (Å²) >= 11 is 12.3. The Balaban J connectivity index is 2.05. The molecule has 0 amide bonds. The Labute approximate surface area is 144 Å². The second-order valence-electron chi connectivity index (χ2n) is 5.19. The first-order valence-corrected chi connectivity index (χ1v) is 7.83. The zero-order valence-corrected chi connectivity index (χ0v) is 13.7. The number of phenols is 1. The summed E-state index contributed by atoms with van der Waals surface area (Å²) in [6.07, 6.45) is 0.598. The molecule has 0 spiro atoms. The van der Waals surface area contributed by atoms with E-state index < -0.39 is 0 Å². The van der Waals surface area contributed by atoms with Gasteiger partial charge in [0.05, 0.1) is 16.4 Å². The summed E-state index contributed by atoms with van der Waals surface area (Å²) in [5.74, 6) is 0.233. The number of phenolic OH excluding ortho intramolecular Hbond substituents is 1. The molecule has 0 atom stereocenters. The van der Waals surface area contributed by atoms with E-state index in [2.05, 4.69) is 5.10 Å². The van der Waals surface area contributed by atoms with Crippen LogP contribution in [0.3, 0.4) is 0 Å². The maximum atomic E-state index is 9.63. The van der Waals surface area contributed by atoms with Gasteiger partial charge in [0.2, 0.25) is 0 Å². The SMILES string of the molecule is NCc1cc(Cc2cccc(O)c2)n(-c2ccc(Cl)cc2Cl)n1. The fourth-order valence-corrected chi connectivity index (χ4v) is 2.93. The van der Waals surface area contributed by atoms with Crippen LogP contribution in [0.4, 0.5) is 0 Å². The summed E-state index contributed by atoms with van der Waals surface area (Å²) in [4.78, 5) is 0. The highest BCUT2D eigenvalue weighted by Crippen LogP contribution is 2.26. The Kier molecular flexibility index (Phi) is 4.57. The molecule has 0 aliphatic carbocycles. The van der Waals surface area contributed by atoms with Gasteiger partial charge >= 0.3 is 0 Å². The lowest BCUT2D eigenvalue weighted by atomic mass is 10.1. The van der Waals surface area contributed by atoms with Crippen molar-refractivity contribution in [3.8, 4) is 11.4 Å². The number of nitrogens with zero attached hydrogens (tertiary/aromatic N) is 2. The first kappa shape index (κ1) is 15.9. The Bertz CT molecular complexity index is 846. The van der Waals surface area contributed by atoms with E-state index in [0.29, 0.717) is 23.0 Å². The van der Waals surface area contributed by atoms with Gasteiger partial charge in [0.15, 0.2) is 0 Å². The first-order chi connectivity index (χ1) is 11.1. The van der Waals surface area contributed by atoms with Crippen LogP contribution in [-0.2, 0) is 13.0 Å². The Morgan fingerprint density at radius 2 is 1.91 bits per heavy atom. The van der Waals surface area contributed by atoms with Gasteiger partial charge in [0.25, 0.3) is 0 Å². The van der Waals surface area contributed by atoms with Gasteiger partial charge in [-0.05, 0) is 42.0 Å². The number of aromatic hydroxyl groups is 1. The van der Waals surface area contributed by atoms with Crippen LogP contribution in [0.25, 0.3) is 5.69 Å². The molecule has 3 N–H and O–H groups in total. The van der Waals surface area contributed by atoms with Crippen LogP contribution >= 0.6 is 23.2 Å². The number of rotatable bonds is 4. The van der Waals surface area contributed by atoms with Crippen LogP contribution < -0.4 is 5.73 Å². The van der Waals surface area contributed by atoms with Gasteiger partial charge in [-0.3, -0.25) is 0 Å². The van der Waals surface area contributed by atoms with Crippen molar-refractivity contribution in [3.05, 3.63) is 75.5 Å². The molecule has 0 unspecified atom stereocenters. The summed E-state index contributed by atoms with van der Waals surface area (Å²) in [5.41, 5.74) is 9.13.